The Labute approximate surface area is 776 Å². The number of carbonyl (C=O) groups is 4. The second kappa shape index (κ2) is 48.8. The summed E-state index contributed by atoms with van der Waals surface area (Å²) in [5, 5.41) is 69.9. The smallest absolute Gasteiger partial charge is 0.317 e. The first kappa shape index (κ1) is 102. The van der Waals surface area contributed by atoms with E-state index in [4.69, 9.17) is 49.2 Å². The van der Waals surface area contributed by atoms with Gasteiger partial charge in [-0.05, 0) is 143 Å². The lowest BCUT2D eigenvalue weighted by Gasteiger charge is -2.23. The molecule has 0 radical (unpaired) electrons. The number of anilines is 4. The fourth-order valence-electron chi connectivity index (χ4n) is 15.1. The Morgan fingerprint density at radius 1 is 0.371 bits per heavy atom. The first-order chi connectivity index (χ1) is 63.4. The number of aliphatic hydroxyl groups is 6. The number of rotatable bonds is 36. The predicted octanol–water partition coefficient (Wildman–Crippen LogP) is 12.2. The number of carbonyl (C=O) groups excluding carboxylic acids is 4. The van der Waals surface area contributed by atoms with Crippen molar-refractivity contribution in [3.05, 3.63) is 224 Å². The van der Waals surface area contributed by atoms with Crippen molar-refractivity contribution in [1.29, 1.82) is 0 Å². The van der Waals surface area contributed by atoms with Gasteiger partial charge in [0.15, 0.2) is 0 Å². The maximum Gasteiger partial charge on any atom is 0.317 e. The van der Waals surface area contributed by atoms with Crippen molar-refractivity contribution >= 4 is 127 Å². The van der Waals surface area contributed by atoms with E-state index in [-0.39, 0.29) is 87.0 Å². The molecule has 0 saturated heterocycles. The number of aliphatic hydroxyl groups excluding tert-OH is 6. The number of nitrogens with zero attached hydrogens (tertiary/aromatic N) is 16. The van der Waals surface area contributed by atoms with Crippen LogP contribution in [0.4, 0.5) is 23.3 Å². The van der Waals surface area contributed by atoms with Crippen LogP contribution in [-0.4, -0.2) is 200 Å². The molecule has 692 valence electrons. The fourth-order valence-corrected chi connectivity index (χ4v) is 17.4. The van der Waals surface area contributed by atoms with E-state index >= 15 is 0 Å². The van der Waals surface area contributed by atoms with Crippen LogP contribution in [0, 0.1) is 54.0 Å². The van der Waals surface area contributed by atoms with E-state index in [9.17, 15) is 49.8 Å². The molecule has 36 heteroatoms. The van der Waals surface area contributed by atoms with Crippen LogP contribution in [0.1, 0.15) is 137 Å². The van der Waals surface area contributed by atoms with Gasteiger partial charge in [-0.25, -0.2) is 62.7 Å². The Morgan fingerprint density at radius 2 is 0.621 bits per heavy atom. The molecule has 8 aromatic heterocycles. The van der Waals surface area contributed by atoms with Crippen molar-refractivity contribution in [2.24, 2.45) is 0 Å². The van der Waals surface area contributed by atoms with Crippen LogP contribution in [0.15, 0.2) is 134 Å². The Kier molecular flexibility index (Phi) is 37.8. The van der Waals surface area contributed by atoms with Gasteiger partial charge in [0, 0.05) is 133 Å². The van der Waals surface area contributed by atoms with Crippen molar-refractivity contribution in [3.8, 4) is 44.5 Å². The van der Waals surface area contributed by atoms with Crippen LogP contribution >= 0.6 is 23.5 Å². The SMILES string of the molecule is [C-]#[N+]/C(=C\c1c(-c2ccc(C)cc2)c2c(N)ncnc2n1CCCO)C(=O)NC(C)C.[C-]#[N+]/C(=C\c1c(-c2ccc(C)cc2)c2c(N)ncnc2n1CCCO)C(=O)NC(C)C.[C-]#[N+]C(C(=O)NC(C)C)C(SCCO)c1c(-c2ccc(C)cc2)c2c(N)ncnc2n1CCCO.[C-]#[N+]C(C(=O)NC(C)C)C(SCCO)c1c(-c2ccc(C)cc2)c2c(N)ncnc2n1CCCO. The van der Waals surface area contributed by atoms with E-state index in [2.05, 4.69) is 80.5 Å². The van der Waals surface area contributed by atoms with Gasteiger partial charge in [-0.2, -0.15) is 0 Å². The van der Waals surface area contributed by atoms with Crippen LogP contribution < -0.4 is 44.2 Å². The lowest BCUT2D eigenvalue weighted by molar-refractivity contribution is -0.122. The number of nitrogen functional groups attached to an aromatic ring is 4. The second-order valence-electron chi connectivity index (χ2n) is 32.3. The minimum Gasteiger partial charge on any atom is -0.396 e. The number of nitrogens with two attached hydrogens (primary N) is 4. The summed E-state index contributed by atoms with van der Waals surface area (Å²) in [5.74, 6) is 0.247. The van der Waals surface area contributed by atoms with E-state index in [1.807, 2.05) is 198 Å². The van der Waals surface area contributed by atoms with Gasteiger partial charge < -0.3 is 103 Å². The third-order valence-electron chi connectivity index (χ3n) is 20.8. The molecule has 4 atom stereocenters. The Hall–Kier alpha value is -13.7. The number of amides is 4. The second-order valence-corrected chi connectivity index (χ2v) is 34.8. The number of hydrogen-bond acceptors (Lipinski definition) is 24. The van der Waals surface area contributed by atoms with Crippen molar-refractivity contribution in [1.82, 2.24) is 79.4 Å². The Morgan fingerprint density at radius 3 is 0.864 bits per heavy atom. The van der Waals surface area contributed by atoms with Gasteiger partial charge in [0.2, 0.25) is 0 Å². The van der Waals surface area contributed by atoms with Crippen molar-refractivity contribution in [2.75, 3.05) is 74.1 Å². The number of aromatic nitrogens is 12. The molecule has 4 amide bonds. The zero-order valence-electron chi connectivity index (χ0n) is 76.2. The lowest BCUT2D eigenvalue weighted by atomic mass is 9.97. The average Bonchev–Trinajstić information content (AvgIpc) is 1.57. The van der Waals surface area contributed by atoms with Crippen LogP contribution in [0.5, 0.6) is 0 Å². The number of fused-ring (bicyclic) bond motifs is 4. The van der Waals surface area contributed by atoms with E-state index in [0.717, 1.165) is 66.8 Å². The molecule has 0 aliphatic carbocycles. The molecule has 0 spiro atoms. The Bertz CT molecular complexity index is 5880. The number of aryl methyl sites for hydroxylation is 8. The summed E-state index contributed by atoms with van der Waals surface area (Å²) in [6.07, 6.45) is 10.6. The molecule has 4 unspecified atom stereocenters. The molecular formula is C96H116N24O10S2. The summed E-state index contributed by atoms with van der Waals surface area (Å²) in [4.78, 5) is 101. The summed E-state index contributed by atoms with van der Waals surface area (Å²) in [6, 6.07) is 29.1. The maximum atomic E-state index is 13.2. The van der Waals surface area contributed by atoms with Gasteiger partial charge in [-0.15, -0.1) is 23.5 Å². The molecule has 0 fully saturated rings. The number of hydrogen-bond donors (Lipinski definition) is 14. The van der Waals surface area contributed by atoms with E-state index in [1.54, 1.807) is 12.2 Å². The topological polar surface area (TPSA) is 482 Å². The van der Waals surface area contributed by atoms with Gasteiger partial charge in [0.25, 0.3) is 23.2 Å². The first-order valence-corrected chi connectivity index (χ1v) is 45.3. The number of nitrogens with one attached hydrogen (secondary N) is 4. The minimum atomic E-state index is -1.05. The molecule has 0 aliphatic rings. The molecule has 34 nitrogen and oxygen atoms in total. The van der Waals surface area contributed by atoms with Crippen LogP contribution in [0.2, 0.25) is 0 Å². The minimum absolute atomic E-state index is 0.00717. The highest BCUT2D eigenvalue weighted by Gasteiger charge is 2.43. The molecule has 8 heterocycles. The molecule has 0 saturated carbocycles. The Balaban J connectivity index is 0.000000198. The first-order valence-electron chi connectivity index (χ1n) is 43.2. The van der Waals surface area contributed by atoms with E-state index in [1.165, 1.54) is 48.8 Å². The van der Waals surface area contributed by atoms with Gasteiger partial charge in [0.05, 0.1) is 47.9 Å². The van der Waals surface area contributed by atoms with E-state index < -0.39 is 34.4 Å². The number of benzene rings is 4. The van der Waals surface area contributed by atoms with Gasteiger partial charge in [-0.1, -0.05) is 119 Å². The van der Waals surface area contributed by atoms with Crippen LogP contribution in [0.25, 0.3) is 120 Å². The standard InChI is InChI=1S/2C25H32N6O3S.2C23H26N6O2/c2*1-15(2)30-25(34)20(27-4)22(35-13-12-33)21-18(17-8-6-16(3)7-9-17)19-23(26)28-14-29-24(19)31(21)10-5-11-32;2*1-14(2)28-23(31)17(25-4)12-18-19(16-8-6-15(3)7-9-16)20-21(24)26-13-27-22(20)29(18)10-5-11-30/h2*6-9,14-15,20,22,32-33H,5,10-13H2,1-3H3,(H,30,34)(H2,26,28,29);2*6-9,12-14,30H,5,10-11H2,1-3H3,(H,28,31)(H2,24,26,27)/b;;2*17-12-. The highest BCUT2D eigenvalue weighted by Crippen LogP contribution is 2.49. The van der Waals surface area contributed by atoms with Gasteiger partial charge in [-0.3, -0.25) is 19.2 Å². The molecule has 18 N–H and O–H groups in total. The molecule has 0 aliphatic heterocycles. The highest BCUT2D eigenvalue weighted by atomic mass is 32.2. The molecule has 12 rings (SSSR count). The normalized spacial score (nSPS) is 12.4. The molecule has 12 aromatic rings. The van der Waals surface area contributed by atoms with Crippen molar-refractivity contribution in [3.63, 3.8) is 0 Å². The summed E-state index contributed by atoms with van der Waals surface area (Å²) in [7, 11) is 0. The molecule has 4 aromatic carbocycles. The summed E-state index contributed by atoms with van der Waals surface area (Å²) in [5.41, 5.74) is 41.1. The van der Waals surface area contributed by atoms with E-state index in [0.29, 0.717) is 154 Å². The van der Waals surface area contributed by atoms with Gasteiger partial charge >= 0.3 is 23.9 Å². The van der Waals surface area contributed by atoms with Crippen LogP contribution in [-0.2, 0) is 45.4 Å². The van der Waals surface area contributed by atoms with Crippen LogP contribution in [0.3, 0.4) is 0 Å². The lowest BCUT2D eigenvalue weighted by Crippen LogP contribution is -2.40. The predicted molar refractivity (Wildman–Crippen MR) is 523 cm³/mol. The quantitative estimate of drug-likeness (QED) is 0.0128. The largest absolute Gasteiger partial charge is 0.396 e. The molecular weight excluding hydrogens is 1710 g/mol. The van der Waals surface area contributed by atoms with Gasteiger partial charge in [0.1, 0.15) is 81.7 Å². The summed E-state index contributed by atoms with van der Waals surface area (Å²) >= 11 is 2.69. The molecule has 132 heavy (non-hydrogen) atoms. The zero-order valence-corrected chi connectivity index (χ0v) is 77.9. The van der Waals surface area contributed by atoms with Crippen molar-refractivity contribution < 1.29 is 49.8 Å². The average molecular weight is 1830 g/mol. The zero-order chi connectivity index (χ0) is 96.2. The maximum absolute atomic E-state index is 13.2. The number of thioether (sulfide) groups is 2. The van der Waals surface area contributed by atoms with Crippen molar-refractivity contribution in [2.45, 2.75) is 182 Å². The highest BCUT2D eigenvalue weighted by molar-refractivity contribution is 7.99. The summed E-state index contributed by atoms with van der Waals surface area (Å²) < 4.78 is 7.64. The third-order valence-corrected chi connectivity index (χ3v) is 23.3. The summed E-state index contributed by atoms with van der Waals surface area (Å²) in [6.45, 7) is 55.2. The molecule has 0 bridgehead atoms. The fraction of sp³-hybridized carbons (Fsp3) is 0.375. The third kappa shape index (κ3) is 24.7. The monoisotopic (exact) mass is 1830 g/mol.